The van der Waals surface area contributed by atoms with Gasteiger partial charge in [0.25, 0.3) is 5.91 Å². The summed E-state index contributed by atoms with van der Waals surface area (Å²) < 4.78 is 0. The van der Waals surface area contributed by atoms with E-state index in [1.165, 1.54) is 15.9 Å². The van der Waals surface area contributed by atoms with Crippen LogP contribution in [0.1, 0.15) is 127 Å². The highest BCUT2D eigenvalue weighted by atomic mass is 16.2. The molecule has 3 rings (SSSR count). The number of hydrogen-bond donors (Lipinski definition) is 4. The Morgan fingerprint density at radius 1 is 0.944 bits per heavy atom. The molecule has 0 bridgehead atoms. The minimum Gasteiger partial charge on any atom is -0.346 e. The van der Waals surface area contributed by atoms with Crippen LogP contribution in [0.2, 0.25) is 0 Å². The van der Waals surface area contributed by atoms with Crippen LogP contribution in [0.25, 0.3) is 0 Å². The fourth-order valence-electron chi connectivity index (χ4n) is 8.04. The fourth-order valence-corrected chi connectivity index (χ4v) is 8.04. The molecule has 2 unspecified atom stereocenters. The molecule has 13 nitrogen and oxygen atoms in total. The molecule has 54 heavy (non-hydrogen) atoms. The van der Waals surface area contributed by atoms with Crippen LogP contribution >= 0.6 is 0 Å². The fraction of sp³-hybridized carbons (Fsp3) is 0.732. The van der Waals surface area contributed by atoms with Crippen LogP contribution in [-0.4, -0.2) is 95.0 Å². The summed E-state index contributed by atoms with van der Waals surface area (Å²) in [5.74, 6) is -3.42. The van der Waals surface area contributed by atoms with Crippen molar-refractivity contribution in [2.75, 3.05) is 19.6 Å². The van der Waals surface area contributed by atoms with Crippen LogP contribution < -0.4 is 21.3 Å². The molecule has 0 aromatic heterocycles. The first-order chi connectivity index (χ1) is 25.1. The first-order valence-corrected chi connectivity index (χ1v) is 19.7. The van der Waals surface area contributed by atoms with Crippen LogP contribution in [0.4, 0.5) is 4.79 Å². The molecule has 3 aliphatic rings. The summed E-state index contributed by atoms with van der Waals surface area (Å²) in [6, 6.07) is -4.26. The molecule has 1 saturated carbocycles. The summed E-state index contributed by atoms with van der Waals surface area (Å²) in [7, 11) is 0. The summed E-state index contributed by atoms with van der Waals surface area (Å²) in [5.41, 5.74) is -0.637. The number of nitrogens with one attached hydrogen (secondary N) is 4. The smallest absolute Gasteiger partial charge is 0.315 e. The number of Topliss-reactive ketones (excluding diaryl/α,β-unsaturated/α-hetero) is 1. The summed E-state index contributed by atoms with van der Waals surface area (Å²) >= 11 is 0. The first kappa shape index (κ1) is 44.4. The van der Waals surface area contributed by atoms with Gasteiger partial charge in [0.15, 0.2) is 0 Å². The van der Waals surface area contributed by atoms with E-state index in [4.69, 9.17) is 0 Å². The normalized spacial score (nSPS) is 22.7. The van der Waals surface area contributed by atoms with Crippen LogP contribution in [-0.2, 0) is 28.8 Å². The number of rotatable bonds is 15. The highest BCUT2D eigenvalue weighted by Crippen LogP contribution is 2.41. The van der Waals surface area contributed by atoms with Crippen LogP contribution in [0.15, 0.2) is 24.3 Å². The van der Waals surface area contributed by atoms with Gasteiger partial charge in [-0.15, -0.1) is 6.58 Å². The summed E-state index contributed by atoms with van der Waals surface area (Å²) in [6.07, 6.45) is 9.28. The lowest BCUT2D eigenvalue weighted by Gasteiger charge is -2.43. The molecule has 2 heterocycles. The Balaban J connectivity index is 1.93. The number of amides is 7. The third-order valence-electron chi connectivity index (χ3n) is 11.2. The van der Waals surface area contributed by atoms with Gasteiger partial charge in [-0.05, 0) is 55.8 Å². The molecule has 0 aromatic rings. The maximum Gasteiger partial charge on any atom is 0.315 e. The number of carbonyl (C=O) groups excluding carboxylic acids is 7. The second kappa shape index (κ2) is 18.5. The van der Waals surface area contributed by atoms with Crippen molar-refractivity contribution in [3.05, 3.63) is 24.3 Å². The van der Waals surface area contributed by atoms with E-state index in [1.54, 1.807) is 0 Å². The number of ketones is 1. The average Bonchev–Trinajstić information content (AvgIpc) is 3.48. The molecule has 0 spiro atoms. The third-order valence-corrected chi connectivity index (χ3v) is 11.2. The molecule has 2 saturated heterocycles. The lowest BCUT2D eigenvalue weighted by atomic mass is 9.70. The van der Waals surface area contributed by atoms with Gasteiger partial charge in [0, 0.05) is 38.4 Å². The number of urea groups is 1. The average molecular weight is 755 g/mol. The largest absolute Gasteiger partial charge is 0.346 e. The molecule has 0 radical (unpaired) electrons. The van der Waals surface area contributed by atoms with E-state index in [9.17, 15) is 33.6 Å². The Morgan fingerprint density at radius 2 is 1.56 bits per heavy atom. The monoisotopic (exact) mass is 754 g/mol. The van der Waals surface area contributed by atoms with E-state index < -0.39 is 69.9 Å². The van der Waals surface area contributed by atoms with Crippen molar-refractivity contribution in [3.8, 4) is 0 Å². The van der Waals surface area contributed by atoms with Crippen molar-refractivity contribution in [2.24, 2.45) is 22.2 Å². The van der Waals surface area contributed by atoms with Gasteiger partial charge in [0.1, 0.15) is 12.1 Å². The Kier molecular flexibility index (Phi) is 15.2. The zero-order valence-electron chi connectivity index (χ0n) is 34.2. The summed E-state index contributed by atoms with van der Waals surface area (Å²) in [5, 5.41) is 11.3. The van der Waals surface area contributed by atoms with E-state index in [1.807, 2.05) is 68.4 Å². The van der Waals surface area contributed by atoms with Gasteiger partial charge in [-0.3, -0.25) is 33.7 Å². The van der Waals surface area contributed by atoms with Crippen LogP contribution in [0.5, 0.6) is 0 Å². The maximum absolute atomic E-state index is 14.9. The number of carbonyl (C=O) groups is 7. The molecule has 1 aliphatic carbocycles. The predicted molar refractivity (Wildman–Crippen MR) is 208 cm³/mol. The Morgan fingerprint density at radius 3 is 2.09 bits per heavy atom. The van der Waals surface area contributed by atoms with E-state index in [0.29, 0.717) is 25.7 Å². The Labute approximate surface area is 322 Å². The van der Waals surface area contributed by atoms with Gasteiger partial charge in [0.05, 0.1) is 12.1 Å². The first-order valence-electron chi connectivity index (χ1n) is 19.7. The van der Waals surface area contributed by atoms with Crippen molar-refractivity contribution in [2.45, 2.75) is 151 Å². The topological polar surface area (TPSA) is 174 Å². The van der Waals surface area contributed by atoms with E-state index >= 15 is 0 Å². The SMILES string of the molecule is C=CCNC(=O)C(=O)C(CCC)NC(=O)[C@@H]1C(C=C(C)C)CCN1C(=O)[C@@H](NC(=O)N[C@H](CN1C(=O)CC(C)(C)CC1=O)C(C)(C)C)C1(C)CCCCC1. The van der Waals surface area contributed by atoms with Crippen molar-refractivity contribution in [3.63, 3.8) is 0 Å². The Hall–Kier alpha value is -4.03. The summed E-state index contributed by atoms with van der Waals surface area (Å²) in [4.78, 5) is 97.8. The maximum atomic E-state index is 14.9. The molecule has 2 aliphatic heterocycles. The van der Waals surface area contributed by atoms with Gasteiger partial charge in [0.2, 0.25) is 29.4 Å². The van der Waals surface area contributed by atoms with Gasteiger partial charge >= 0.3 is 6.03 Å². The second-order valence-corrected chi connectivity index (χ2v) is 18.0. The van der Waals surface area contributed by atoms with Crippen molar-refractivity contribution in [1.82, 2.24) is 31.1 Å². The zero-order chi connectivity index (χ0) is 40.6. The molecular formula is C41H66N6O7. The molecule has 302 valence electrons. The Bertz CT molecular complexity index is 1450. The zero-order valence-corrected chi connectivity index (χ0v) is 34.2. The molecule has 5 atom stereocenters. The van der Waals surface area contributed by atoms with Gasteiger partial charge in [-0.2, -0.15) is 0 Å². The van der Waals surface area contributed by atoms with E-state index in [0.717, 1.165) is 24.8 Å². The van der Waals surface area contributed by atoms with Crippen molar-refractivity contribution >= 4 is 41.4 Å². The minimum atomic E-state index is -1.08. The molecule has 0 aromatic carbocycles. The van der Waals surface area contributed by atoms with Gasteiger partial charge < -0.3 is 26.2 Å². The van der Waals surface area contributed by atoms with Gasteiger partial charge in [-0.25, -0.2) is 4.79 Å². The van der Waals surface area contributed by atoms with Crippen LogP contribution in [0.3, 0.4) is 0 Å². The number of allylic oxidation sites excluding steroid dienone is 1. The highest BCUT2D eigenvalue weighted by Gasteiger charge is 2.49. The van der Waals surface area contributed by atoms with Crippen LogP contribution in [0, 0.1) is 22.2 Å². The molecule has 3 fully saturated rings. The van der Waals surface area contributed by atoms with E-state index in [2.05, 4.69) is 27.8 Å². The van der Waals surface area contributed by atoms with Crippen molar-refractivity contribution < 1.29 is 33.6 Å². The van der Waals surface area contributed by atoms with Gasteiger partial charge in [-0.1, -0.05) is 91.9 Å². The third kappa shape index (κ3) is 11.5. The van der Waals surface area contributed by atoms with E-state index in [-0.39, 0.29) is 56.6 Å². The predicted octanol–water partition coefficient (Wildman–Crippen LogP) is 4.55. The minimum absolute atomic E-state index is 0.00254. The number of likely N-dealkylation sites (tertiary alicyclic amines) is 2. The standard InChI is InChI=1S/C41H66N6O7/c1-11-16-28(33(50)36(52)42-20-12-2)43-35(51)32-27(22-26(3)4)17-21-46(32)37(53)34(41(10)18-14-13-15-19-41)45-38(54)44-29(39(5,6)7)25-47-30(48)23-40(8,9)24-31(47)49/h12,22,27-29,32,34H,2,11,13-21,23-25H2,1,3-10H3,(H,42,52)(H,43,51)(H2,44,45,54)/t27?,28?,29-,32+,34-/m1/s1. The quantitative estimate of drug-likeness (QED) is 0.108. The number of piperidine rings is 1. The molecular weight excluding hydrogens is 688 g/mol. The molecule has 7 amide bonds. The highest BCUT2D eigenvalue weighted by molar-refractivity contribution is 6.38. The molecule has 4 N–H and O–H groups in total. The lowest BCUT2D eigenvalue weighted by Crippen LogP contribution is -2.63. The molecule has 13 heteroatoms. The number of imide groups is 1. The summed E-state index contributed by atoms with van der Waals surface area (Å²) in [6.45, 7) is 21.2. The number of hydrogen-bond acceptors (Lipinski definition) is 7. The second-order valence-electron chi connectivity index (χ2n) is 18.0. The number of nitrogens with zero attached hydrogens (tertiary/aromatic N) is 2. The lowest BCUT2D eigenvalue weighted by molar-refractivity contribution is -0.153. The van der Waals surface area contributed by atoms with Crippen molar-refractivity contribution in [1.29, 1.82) is 0 Å².